The van der Waals surface area contributed by atoms with Gasteiger partial charge in [-0.05, 0) is 18.2 Å². The maximum Gasteiger partial charge on any atom is 0.242 e. The zero-order chi connectivity index (χ0) is 13.6. The fourth-order valence-corrected chi connectivity index (χ4v) is 2.53. The Morgan fingerprint density at radius 2 is 2.11 bits per heavy atom. The third kappa shape index (κ3) is 3.57. The lowest BCUT2D eigenvalue weighted by Crippen LogP contribution is -2.26. The second kappa shape index (κ2) is 6.55. The van der Waals surface area contributed by atoms with Gasteiger partial charge in [-0.15, -0.1) is 0 Å². The minimum atomic E-state index is -3.43. The molecule has 0 aliphatic heterocycles. The van der Waals surface area contributed by atoms with Crippen molar-refractivity contribution < 1.29 is 13.5 Å². The minimum Gasteiger partial charge on any atom is -0.395 e. The second-order valence-electron chi connectivity index (χ2n) is 3.72. The molecule has 5 heteroatoms. The Hall–Kier alpha value is -1.35. The molecule has 4 nitrogen and oxygen atoms in total. The van der Waals surface area contributed by atoms with Crippen molar-refractivity contribution in [3.63, 3.8) is 0 Å². The number of aliphatic hydroxyl groups is 1. The van der Waals surface area contributed by atoms with Crippen LogP contribution in [0.5, 0.6) is 0 Å². The Kier molecular flexibility index (Phi) is 5.35. The van der Waals surface area contributed by atoms with E-state index >= 15 is 0 Å². The van der Waals surface area contributed by atoms with E-state index < -0.39 is 10.0 Å². The van der Waals surface area contributed by atoms with Gasteiger partial charge in [0.05, 0.1) is 11.5 Å². The summed E-state index contributed by atoms with van der Waals surface area (Å²) in [6, 6.07) is 6.51. The van der Waals surface area contributed by atoms with Crippen molar-refractivity contribution in [1.82, 2.24) is 4.31 Å². The van der Waals surface area contributed by atoms with Crippen LogP contribution in [0.1, 0.15) is 18.9 Å². The van der Waals surface area contributed by atoms with Crippen molar-refractivity contribution in [3.05, 3.63) is 29.8 Å². The molecule has 0 saturated carbocycles. The quantitative estimate of drug-likeness (QED) is 0.830. The van der Waals surface area contributed by atoms with Crippen molar-refractivity contribution in [2.45, 2.75) is 18.2 Å². The summed E-state index contributed by atoms with van der Waals surface area (Å²) in [5.41, 5.74) is 0.633. The average Bonchev–Trinajstić information content (AvgIpc) is 2.38. The molecule has 0 fully saturated rings. The van der Waals surface area contributed by atoms with Crippen LogP contribution in [0, 0.1) is 11.8 Å². The average molecular weight is 267 g/mol. The molecule has 0 heterocycles. The lowest BCUT2D eigenvalue weighted by Gasteiger charge is -2.14. The summed E-state index contributed by atoms with van der Waals surface area (Å²) in [7, 11) is -1.88. The highest BCUT2D eigenvalue weighted by Crippen LogP contribution is 2.15. The molecule has 1 rings (SSSR count). The van der Waals surface area contributed by atoms with Crippen molar-refractivity contribution in [3.8, 4) is 11.8 Å². The van der Waals surface area contributed by atoms with Gasteiger partial charge in [-0.3, -0.25) is 0 Å². The Labute approximate surface area is 108 Å². The SMILES string of the molecule is CCN(C)S(=O)(=O)c1cccc(C#CCCO)c1. The minimum absolute atomic E-state index is 0.00353. The molecular formula is C13H17NO3S. The van der Waals surface area contributed by atoms with E-state index in [1.165, 1.54) is 4.31 Å². The van der Waals surface area contributed by atoms with Crippen molar-refractivity contribution in [1.29, 1.82) is 0 Å². The highest BCUT2D eigenvalue weighted by molar-refractivity contribution is 7.89. The van der Waals surface area contributed by atoms with E-state index in [4.69, 9.17) is 5.11 Å². The maximum atomic E-state index is 12.1. The van der Waals surface area contributed by atoms with Gasteiger partial charge >= 0.3 is 0 Å². The maximum absolute atomic E-state index is 12.1. The molecule has 0 saturated heterocycles. The Morgan fingerprint density at radius 1 is 1.39 bits per heavy atom. The van der Waals surface area contributed by atoms with E-state index in [0.717, 1.165) is 0 Å². The molecule has 0 atom stereocenters. The highest BCUT2D eigenvalue weighted by Gasteiger charge is 2.18. The van der Waals surface area contributed by atoms with E-state index in [0.29, 0.717) is 18.5 Å². The van der Waals surface area contributed by atoms with Gasteiger partial charge in [-0.2, -0.15) is 0 Å². The van der Waals surface area contributed by atoms with Crippen LogP contribution in [0.3, 0.4) is 0 Å². The first kappa shape index (κ1) is 14.7. The second-order valence-corrected chi connectivity index (χ2v) is 5.77. The standard InChI is InChI=1S/C13H17NO3S/c1-3-14(2)18(16,17)13-9-6-8-12(11-13)7-4-5-10-15/h6,8-9,11,15H,3,5,10H2,1-2H3. The zero-order valence-electron chi connectivity index (χ0n) is 10.5. The lowest BCUT2D eigenvalue weighted by atomic mass is 10.2. The predicted molar refractivity (Wildman–Crippen MR) is 70.5 cm³/mol. The van der Waals surface area contributed by atoms with Crippen molar-refractivity contribution in [2.75, 3.05) is 20.2 Å². The van der Waals surface area contributed by atoms with Crippen LogP contribution in [0.25, 0.3) is 0 Å². The summed E-state index contributed by atoms with van der Waals surface area (Å²) in [5, 5.41) is 8.63. The number of nitrogens with zero attached hydrogens (tertiary/aromatic N) is 1. The zero-order valence-corrected chi connectivity index (χ0v) is 11.4. The molecule has 0 bridgehead atoms. The third-order valence-corrected chi connectivity index (χ3v) is 4.39. The van der Waals surface area contributed by atoms with Crippen LogP contribution >= 0.6 is 0 Å². The molecule has 0 unspecified atom stereocenters. The fourth-order valence-electron chi connectivity index (χ4n) is 1.30. The van der Waals surface area contributed by atoms with Crippen LogP contribution < -0.4 is 0 Å². The molecule has 1 aromatic rings. The first-order valence-corrected chi connectivity index (χ1v) is 7.12. The molecule has 18 heavy (non-hydrogen) atoms. The largest absolute Gasteiger partial charge is 0.395 e. The molecule has 0 aliphatic rings. The van der Waals surface area contributed by atoms with Crippen LogP contribution in [0.15, 0.2) is 29.2 Å². The van der Waals surface area contributed by atoms with Crippen LogP contribution in [0.4, 0.5) is 0 Å². The number of hydrogen-bond donors (Lipinski definition) is 1. The van der Waals surface area contributed by atoms with E-state index in [2.05, 4.69) is 11.8 Å². The summed E-state index contributed by atoms with van der Waals surface area (Å²) in [4.78, 5) is 0.239. The van der Waals surface area contributed by atoms with E-state index in [1.807, 2.05) is 0 Å². The Bertz CT molecular complexity index is 555. The molecule has 0 aromatic heterocycles. The summed E-state index contributed by atoms with van der Waals surface area (Å²) in [6.45, 7) is 2.20. The number of sulfonamides is 1. The summed E-state index contributed by atoms with van der Waals surface area (Å²) in [5.74, 6) is 5.59. The molecule has 0 aliphatic carbocycles. The van der Waals surface area contributed by atoms with Gasteiger partial charge in [0.2, 0.25) is 10.0 Å². The molecular weight excluding hydrogens is 250 g/mol. The molecule has 0 amide bonds. The number of hydrogen-bond acceptors (Lipinski definition) is 3. The lowest BCUT2D eigenvalue weighted by molar-refractivity contribution is 0.305. The van der Waals surface area contributed by atoms with Gasteiger partial charge < -0.3 is 5.11 Å². The molecule has 98 valence electrons. The van der Waals surface area contributed by atoms with E-state index in [1.54, 1.807) is 38.2 Å². The monoisotopic (exact) mass is 267 g/mol. The Balaban J connectivity index is 3.07. The van der Waals surface area contributed by atoms with Crippen molar-refractivity contribution >= 4 is 10.0 Å². The van der Waals surface area contributed by atoms with Gasteiger partial charge in [-0.1, -0.05) is 24.8 Å². The summed E-state index contributed by atoms with van der Waals surface area (Å²) in [6.07, 6.45) is 0.381. The predicted octanol–water partition coefficient (Wildman–Crippen LogP) is 1.06. The van der Waals surface area contributed by atoms with Crippen LogP contribution in [0.2, 0.25) is 0 Å². The molecule has 1 aromatic carbocycles. The number of rotatable bonds is 4. The Morgan fingerprint density at radius 3 is 2.72 bits per heavy atom. The van der Waals surface area contributed by atoms with Crippen LogP contribution in [-0.2, 0) is 10.0 Å². The summed E-state index contributed by atoms with van der Waals surface area (Å²) < 4.78 is 25.5. The number of aliphatic hydroxyl groups excluding tert-OH is 1. The smallest absolute Gasteiger partial charge is 0.242 e. The van der Waals surface area contributed by atoms with Crippen LogP contribution in [-0.4, -0.2) is 38.0 Å². The summed E-state index contributed by atoms with van der Waals surface area (Å²) >= 11 is 0. The first-order chi connectivity index (χ1) is 8.52. The van der Waals surface area contributed by atoms with E-state index in [9.17, 15) is 8.42 Å². The topological polar surface area (TPSA) is 57.6 Å². The van der Waals surface area contributed by atoms with Gasteiger partial charge in [0, 0.05) is 25.6 Å². The van der Waals surface area contributed by atoms with Crippen molar-refractivity contribution in [2.24, 2.45) is 0 Å². The van der Waals surface area contributed by atoms with Gasteiger partial charge in [0.1, 0.15) is 0 Å². The molecule has 0 spiro atoms. The first-order valence-electron chi connectivity index (χ1n) is 5.68. The number of benzene rings is 1. The van der Waals surface area contributed by atoms with Gasteiger partial charge in [-0.25, -0.2) is 12.7 Å². The molecule has 1 N–H and O–H groups in total. The molecule has 0 radical (unpaired) electrons. The van der Waals surface area contributed by atoms with Gasteiger partial charge in [0.25, 0.3) is 0 Å². The van der Waals surface area contributed by atoms with E-state index in [-0.39, 0.29) is 11.5 Å². The normalized spacial score (nSPS) is 11.1. The highest BCUT2D eigenvalue weighted by atomic mass is 32.2. The van der Waals surface area contributed by atoms with Gasteiger partial charge in [0.15, 0.2) is 0 Å². The third-order valence-electron chi connectivity index (χ3n) is 2.46. The fraction of sp³-hybridized carbons (Fsp3) is 0.385.